The van der Waals surface area contributed by atoms with Gasteiger partial charge in [-0.25, -0.2) is 9.78 Å². The summed E-state index contributed by atoms with van der Waals surface area (Å²) in [5.41, 5.74) is -0.421. The number of hydrogen-bond acceptors (Lipinski definition) is 5. The van der Waals surface area contributed by atoms with E-state index in [2.05, 4.69) is 16.9 Å². The molecule has 0 spiro atoms. The monoisotopic (exact) mass is 325 g/mol. The summed E-state index contributed by atoms with van der Waals surface area (Å²) in [7, 11) is 2.13. The Balaban J connectivity index is 1.77. The Bertz CT molecular complexity index is 510. The van der Waals surface area contributed by atoms with Crippen LogP contribution in [0.25, 0.3) is 0 Å². The van der Waals surface area contributed by atoms with Crippen molar-refractivity contribution >= 4 is 17.4 Å². The number of carbonyl (C=O) groups is 1. The number of aryl methyl sites for hydroxylation is 1. The number of likely N-dealkylation sites (tertiary alicyclic amines) is 1. The van der Waals surface area contributed by atoms with E-state index in [0.29, 0.717) is 5.92 Å². The van der Waals surface area contributed by atoms with Gasteiger partial charge >= 0.3 is 6.09 Å². The van der Waals surface area contributed by atoms with E-state index in [1.165, 1.54) is 4.88 Å². The zero-order valence-corrected chi connectivity index (χ0v) is 15.1. The van der Waals surface area contributed by atoms with Crippen molar-refractivity contribution in [2.75, 3.05) is 26.7 Å². The maximum Gasteiger partial charge on any atom is 0.410 e. The second kappa shape index (κ2) is 6.96. The normalized spacial score (nSPS) is 19.0. The fourth-order valence-corrected chi connectivity index (χ4v) is 3.60. The van der Waals surface area contributed by atoms with Crippen LogP contribution >= 0.6 is 11.3 Å². The molecule has 1 aromatic rings. The number of hydrogen-bond donors (Lipinski definition) is 0. The Morgan fingerprint density at radius 1 is 1.55 bits per heavy atom. The summed E-state index contributed by atoms with van der Waals surface area (Å²) in [5, 5.41) is 1.11. The molecule has 1 aliphatic heterocycles. The van der Waals surface area contributed by atoms with Crippen LogP contribution in [-0.2, 0) is 11.3 Å². The summed E-state index contributed by atoms with van der Waals surface area (Å²) in [6.07, 6.45) is 2.82. The molecule has 1 atom stereocenters. The van der Waals surface area contributed by atoms with Crippen LogP contribution in [0.4, 0.5) is 4.79 Å². The zero-order valence-electron chi connectivity index (χ0n) is 14.3. The molecular weight excluding hydrogens is 298 g/mol. The van der Waals surface area contributed by atoms with Crippen LogP contribution < -0.4 is 0 Å². The van der Waals surface area contributed by atoms with E-state index in [1.807, 2.05) is 38.8 Å². The van der Waals surface area contributed by atoms with Gasteiger partial charge in [-0.1, -0.05) is 0 Å². The minimum Gasteiger partial charge on any atom is -0.444 e. The van der Waals surface area contributed by atoms with E-state index in [0.717, 1.165) is 37.6 Å². The smallest absolute Gasteiger partial charge is 0.410 e. The second-order valence-electron chi connectivity index (χ2n) is 7.12. The van der Waals surface area contributed by atoms with Crippen molar-refractivity contribution in [3.63, 3.8) is 0 Å². The zero-order chi connectivity index (χ0) is 16.3. The molecule has 0 N–H and O–H groups in total. The number of aromatic nitrogens is 1. The van der Waals surface area contributed by atoms with Crippen LogP contribution in [-0.4, -0.2) is 53.2 Å². The molecule has 0 aliphatic carbocycles. The van der Waals surface area contributed by atoms with Gasteiger partial charge in [-0.3, -0.25) is 0 Å². The van der Waals surface area contributed by atoms with Crippen molar-refractivity contribution in [2.24, 2.45) is 5.92 Å². The minimum absolute atomic E-state index is 0.185. The largest absolute Gasteiger partial charge is 0.444 e. The van der Waals surface area contributed by atoms with Crippen LogP contribution in [0.1, 0.15) is 37.1 Å². The molecule has 5 nitrogen and oxygen atoms in total. The van der Waals surface area contributed by atoms with Gasteiger partial charge in [0.25, 0.3) is 0 Å². The van der Waals surface area contributed by atoms with Gasteiger partial charge in [-0.15, -0.1) is 11.3 Å². The first-order chi connectivity index (χ1) is 10.2. The number of nitrogens with zero attached hydrogens (tertiary/aromatic N) is 3. The molecule has 1 fully saturated rings. The van der Waals surface area contributed by atoms with Gasteiger partial charge in [0.15, 0.2) is 0 Å². The lowest BCUT2D eigenvalue weighted by molar-refractivity contribution is 0.0285. The van der Waals surface area contributed by atoms with E-state index in [4.69, 9.17) is 4.74 Å². The maximum atomic E-state index is 12.1. The lowest BCUT2D eigenvalue weighted by Gasteiger charge is -2.25. The Morgan fingerprint density at radius 2 is 2.27 bits per heavy atom. The number of ether oxygens (including phenoxy) is 1. The molecule has 0 saturated carbocycles. The van der Waals surface area contributed by atoms with Gasteiger partial charge in [-0.2, -0.15) is 0 Å². The van der Waals surface area contributed by atoms with Gasteiger partial charge in [-0.05, 0) is 47.1 Å². The lowest BCUT2D eigenvalue weighted by Crippen LogP contribution is -2.36. The van der Waals surface area contributed by atoms with E-state index in [1.54, 1.807) is 11.3 Å². The number of rotatable bonds is 4. The van der Waals surface area contributed by atoms with Gasteiger partial charge in [0.1, 0.15) is 5.60 Å². The minimum atomic E-state index is -0.421. The van der Waals surface area contributed by atoms with Gasteiger partial charge < -0.3 is 14.5 Å². The molecule has 1 aromatic heterocycles. The molecule has 2 heterocycles. The van der Waals surface area contributed by atoms with E-state index in [9.17, 15) is 4.79 Å². The maximum absolute atomic E-state index is 12.1. The van der Waals surface area contributed by atoms with Crippen LogP contribution in [0.3, 0.4) is 0 Å². The van der Waals surface area contributed by atoms with Crippen LogP contribution in [0, 0.1) is 12.8 Å². The Kier molecular flexibility index (Phi) is 5.45. The molecule has 2 rings (SSSR count). The van der Waals surface area contributed by atoms with E-state index >= 15 is 0 Å². The SMILES string of the molecule is Cc1ncc(CN(C)C[C@H]2CCN(C(=O)OC(C)(C)C)C2)s1. The molecule has 1 amide bonds. The second-order valence-corrected chi connectivity index (χ2v) is 8.44. The van der Waals surface area contributed by atoms with Crippen molar-refractivity contribution in [2.45, 2.75) is 46.3 Å². The van der Waals surface area contributed by atoms with E-state index < -0.39 is 5.60 Å². The highest BCUT2D eigenvalue weighted by Crippen LogP contribution is 2.21. The number of carbonyl (C=O) groups excluding carboxylic acids is 1. The first-order valence-electron chi connectivity index (χ1n) is 7.81. The summed E-state index contributed by atoms with van der Waals surface area (Å²) in [5.74, 6) is 0.520. The predicted molar refractivity (Wildman–Crippen MR) is 89.1 cm³/mol. The molecule has 1 aliphatic rings. The predicted octanol–water partition coefficient (Wildman–Crippen LogP) is 3.14. The lowest BCUT2D eigenvalue weighted by atomic mass is 10.1. The first kappa shape index (κ1) is 17.2. The van der Waals surface area contributed by atoms with Crippen molar-refractivity contribution in [1.29, 1.82) is 0 Å². The highest BCUT2D eigenvalue weighted by Gasteiger charge is 2.30. The fraction of sp³-hybridized carbons (Fsp3) is 0.750. The molecule has 6 heteroatoms. The first-order valence-corrected chi connectivity index (χ1v) is 8.62. The number of thiazole rings is 1. The molecule has 1 saturated heterocycles. The molecule has 22 heavy (non-hydrogen) atoms. The standard InChI is InChI=1S/C16H27N3O2S/c1-12-17-8-14(22-12)11-18(5)9-13-6-7-19(10-13)15(20)21-16(2,3)4/h8,13H,6-7,9-11H2,1-5H3/t13-/m1/s1. The molecule has 0 bridgehead atoms. The highest BCUT2D eigenvalue weighted by atomic mass is 32.1. The molecule has 0 aromatic carbocycles. The van der Waals surface area contributed by atoms with Gasteiger partial charge in [0.05, 0.1) is 5.01 Å². The molecular formula is C16H27N3O2S. The summed E-state index contributed by atoms with van der Waals surface area (Å²) in [6, 6.07) is 0. The third-order valence-corrected chi connectivity index (χ3v) is 4.50. The van der Waals surface area contributed by atoms with Crippen LogP contribution in [0.5, 0.6) is 0 Å². The van der Waals surface area contributed by atoms with Crippen molar-refractivity contribution < 1.29 is 9.53 Å². The van der Waals surface area contributed by atoms with Crippen molar-refractivity contribution in [3.8, 4) is 0 Å². The molecule has 0 radical (unpaired) electrons. The molecule has 0 unspecified atom stereocenters. The van der Waals surface area contributed by atoms with Crippen LogP contribution in [0.15, 0.2) is 6.20 Å². The van der Waals surface area contributed by atoms with Crippen LogP contribution in [0.2, 0.25) is 0 Å². The Morgan fingerprint density at radius 3 is 2.86 bits per heavy atom. The van der Waals surface area contributed by atoms with Gasteiger partial charge in [0, 0.05) is 37.3 Å². The average Bonchev–Trinajstić information content (AvgIpc) is 2.96. The highest BCUT2D eigenvalue weighted by molar-refractivity contribution is 7.11. The number of amides is 1. The summed E-state index contributed by atoms with van der Waals surface area (Å²) < 4.78 is 5.44. The summed E-state index contributed by atoms with van der Waals surface area (Å²) in [6.45, 7) is 11.3. The third-order valence-electron chi connectivity index (χ3n) is 3.60. The molecule has 124 valence electrons. The Labute approximate surface area is 137 Å². The van der Waals surface area contributed by atoms with Crippen molar-refractivity contribution in [3.05, 3.63) is 16.1 Å². The third kappa shape index (κ3) is 5.25. The Hall–Kier alpha value is -1.14. The quantitative estimate of drug-likeness (QED) is 0.853. The van der Waals surface area contributed by atoms with Crippen molar-refractivity contribution in [1.82, 2.24) is 14.8 Å². The average molecular weight is 325 g/mol. The van der Waals surface area contributed by atoms with Gasteiger partial charge in [0.2, 0.25) is 0 Å². The topological polar surface area (TPSA) is 45.7 Å². The fourth-order valence-electron chi connectivity index (χ4n) is 2.72. The van der Waals surface area contributed by atoms with E-state index in [-0.39, 0.29) is 6.09 Å². The summed E-state index contributed by atoms with van der Waals surface area (Å²) in [4.78, 5) is 21.8. The summed E-state index contributed by atoms with van der Waals surface area (Å²) >= 11 is 1.75.